The summed E-state index contributed by atoms with van der Waals surface area (Å²) in [5.41, 5.74) is 2.46. The van der Waals surface area contributed by atoms with Gasteiger partial charge in [-0.05, 0) is 24.6 Å². The Morgan fingerprint density at radius 2 is 2.17 bits per heavy atom. The van der Waals surface area contributed by atoms with E-state index in [0.717, 1.165) is 41.0 Å². The molecule has 0 aliphatic carbocycles. The van der Waals surface area contributed by atoms with Crippen molar-refractivity contribution in [3.05, 3.63) is 36.7 Å². The number of aromatic amines is 1. The molecule has 0 aliphatic rings. The predicted octanol–water partition coefficient (Wildman–Crippen LogP) is 4.07. The number of ether oxygens (including phenoxy) is 2. The first-order chi connectivity index (χ1) is 11.2. The quantitative estimate of drug-likeness (QED) is 0.529. The predicted molar refractivity (Wildman–Crippen MR) is 94.2 cm³/mol. The number of thiol groups is 1. The van der Waals surface area contributed by atoms with Crippen LogP contribution >= 0.6 is 12.6 Å². The normalized spacial score (nSPS) is 12.3. The number of nitrogens with one attached hydrogen (secondary N) is 1. The third-order valence-electron chi connectivity index (χ3n) is 3.53. The highest BCUT2D eigenvalue weighted by molar-refractivity contribution is 7.80. The van der Waals surface area contributed by atoms with Gasteiger partial charge in [0, 0.05) is 12.3 Å². The van der Waals surface area contributed by atoms with Crippen LogP contribution in [0.4, 0.5) is 0 Å². The first-order valence-corrected chi connectivity index (χ1v) is 8.05. The average Bonchev–Trinajstić information content (AvgIpc) is 2.98. The van der Waals surface area contributed by atoms with Gasteiger partial charge in [-0.15, -0.1) is 12.6 Å². The van der Waals surface area contributed by atoms with Crippen molar-refractivity contribution in [1.29, 1.82) is 0 Å². The fourth-order valence-electron chi connectivity index (χ4n) is 2.36. The summed E-state index contributed by atoms with van der Waals surface area (Å²) in [6.45, 7) is 2.10. The highest BCUT2D eigenvalue weighted by Crippen LogP contribution is 2.34. The molecule has 3 rings (SSSR count). The molecule has 0 fully saturated rings. The van der Waals surface area contributed by atoms with Gasteiger partial charge < -0.3 is 14.5 Å². The molecule has 23 heavy (non-hydrogen) atoms. The first-order valence-electron chi connectivity index (χ1n) is 7.54. The zero-order chi connectivity index (χ0) is 16.2. The highest BCUT2D eigenvalue weighted by atomic mass is 32.1. The molecular weight excluding hydrogens is 310 g/mol. The minimum absolute atomic E-state index is 0.170. The van der Waals surface area contributed by atoms with E-state index in [-0.39, 0.29) is 5.44 Å². The molecule has 0 spiro atoms. The third-order valence-corrected chi connectivity index (χ3v) is 3.89. The third kappa shape index (κ3) is 3.42. The van der Waals surface area contributed by atoms with Crippen LogP contribution in [0.3, 0.4) is 0 Å². The zero-order valence-corrected chi connectivity index (χ0v) is 14.0. The molecule has 0 amide bonds. The highest BCUT2D eigenvalue weighted by Gasteiger charge is 2.15. The van der Waals surface area contributed by atoms with Crippen LogP contribution < -0.4 is 9.47 Å². The number of imidazole rings is 1. The minimum Gasteiger partial charge on any atom is -0.497 e. The van der Waals surface area contributed by atoms with Crippen LogP contribution in [0.15, 0.2) is 36.7 Å². The smallest absolute Gasteiger partial charge is 0.142 e. The SMILES string of the molecule is CCCC(S)Oc1cc(OC)ccc1-c1nc2ccncc2[nH]1. The van der Waals surface area contributed by atoms with E-state index < -0.39 is 0 Å². The molecule has 0 saturated carbocycles. The Morgan fingerprint density at radius 1 is 1.30 bits per heavy atom. The number of benzene rings is 1. The van der Waals surface area contributed by atoms with Gasteiger partial charge >= 0.3 is 0 Å². The number of hydrogen-bond donors (Lipinski definition) is 2. The maximum Gasteiger partial charge on any atom is 0.142 e. The molecule has 0 saturated heterocycles. The second kappa shape index (κ2) is 6.91. The second-order valence-corrected chi connectivity index (χ2v) is 5.78. The van der Waals surface area contributed by atoms with Gasteiger partial charge in [0.05, 0.1) is 29.9 Å². The van der Waals surface area contributed by atoms with E-state index in [4.69, 9.17) is 9.47 Å². The maximum absolute atomic E-state index is 5.99. The Hall–Kier alpha value is -2.21. The summed E-state index contributed by atoms with van der Waals surface area (Å²) in [6, 6.07) is 7.56. The summed E-state index contributed by atoms with van der Waals surface area (Å²) >= 11 is 4.49. The lowest BCUT2D eigenvalue weighted by Crippen LogP contribution is -2.09. The lowest BCUT2D eigenvalue weighted by Gasteiger charge is -2.16. The van der Waals surface area contributed by atoms with E-state index in [2.05, 4.69) is 34.5 Å². The van der Waals surface area contributed by atoms with E-state index in [9.17, 15) is 0 Å². The Balaban J connectivity index is 2.02. The molecule has 120 valence electrons. The minimum atomic E-state index is -0.170. The van der Waals surface area contributed by atoms with Crippen LogP contribution in [0.5, 0.6) is 11.5 Å². The monoisotopic (exact) mass is 329 g/mol. The maximum atomic E-state index is 5.99. The molecule has 1 aromatic carbocycles. The van der Waals surface area contributed by atoms with Gasteiger partial charge in [0.25, 0.3) is 0 Å². The van der Waals surface area contributed by atoms with E-state index in [0.29, 0.717) is 5.75 Å². The first kappa shape index (κ1) is 15.7. The summed E-state index contributed by atoms with van der Waals surface area (Å²) in [4.78, 5) is 12.0. The van der Waals surface area contributed by atoms with Crippen LogP contribution in [0.2, 0.25) is 0 Å². The molecule has 1 N–H and O–H groups in total. The van der Waals surface area contributed by atoms with Gasteiger partial charge in [-0.1, -0.05) is 13.3 Å². The second-order valence-electron chi connectivity index (χ2n) is 5.20. The van der Waals surface area contributed by atoms with Crippen LogP contribution in [0, 0.1) is 0 Å². The summed E-state index contributed by atoms with van der Waals surface area (Å²) in [5.74, 6) is 2.17. The summed E-state index contributed by atoms with van der Waals surface area (Å²) in [7, 11) is 1.63. The van der Waals surface area contributed by atoms with E-state index in [1.165, 1.54) is 0 Å². The molecule has 2 aromatic heterocycles. The van der Waals surface area contributed by atoms with Crippen molar-refractivity contribution in [3.8, 4) is 22.9 Å². The van der Waals surface area contributed by atoms with Gasteiger partial charge in [-0.2, -0.15) is 0 Å². The van der Waals surface area contributed by atoms with Gasteiger partial charge in [-0.25, -0.2) is 4.98 Å². The lowest BCUT2D eigenvalue weighted by molar-refractivity contribution is 0.277. The van der Waals surface area contributed by atoms with Crippen molar-refractivity contribution in [2.75, 3.05) is 7.11 Å². The van der Waals surface area contributed by atoms with Gasteiger partial charge in [0.2, 0.25) is 0 Å². The largest absolute Gasteiger partial charge is 0.497 e. The summed E-state index contributed by atoms with van der Waals surface area (Å²) in [6.07, 6.45) is 5.35. The number of H-pyrrole nitrogens is 1. The molecule has 1 unspecified atom stereocenters. The number of fused-ring (bicyclic) bond motifs is 1. The number of rotatable bonds is 6. The molecule has 0 bridgehead atoms. The molecule has 3 aromatic rings. The van der Waals surface area contributed by atoms with Crippen molar-refractivity contribution in [3.63, 3.8) is 0 Å². The summed E-state index contributed by atoms with van der Waals surface area (Å²) in [5, 5.41) is 0. The fraction of sp³-hybridized carbons (Fsp3) is 0.294. The Kier molecular flexibility index (Phi) is 4.71. The number of nitrogens with zero attached hydrogens (tertiary/aromatic N) is 2. The lowest BCUT2D eigenvalue weighted by atomic mass is 10.2. The van der Waals surface area contributed by atoms with Gasteiger partial charge in [0.15, 0.2) is 0 Å². The molecule has 6 heteroatoms. The molecule has 2 heterocycles. The Morgan fingerprint density at radius 3 is 2.91 bits per heavy atom. The van der Waals surface area contributed by atoms with Gasteiger partial charge in [-0.3, -0.25) is 4.98 Å². The fourth-order valence-corrected chi connectivity index (χ4v) is 2.73. The van der Waals surface area contributed by atoms with Crippen molar-refractivity contribution < 1.29 is 9.47 Å². The zero-order valence-electron chi connectivity index (χ0n) is 13.1. The van der Waals surface area contributed by atoms with Crippen LogP contribution in [-0.2, 0) is 0 Å². The van der Waals surface area contributed by atoms with Crippen LogP contribution in [0.1, 0.15) is 19.8 Å². The standard InChI is InChI=1S/C17H19N3O2S/c1-3-4-16(23)22-15-9-11(21-2)5-6-12(15)17-19-13-7-8-18-10-14(13)20-17/h5-10,16,23H,3-4H2,1-2H3,(H,19,20). The average molecular weight is 329 g/mol. The van der Waals surface area contributed by atoms with Gasteiger partial charge in [0.1, 0.15) is 22.8 Å². The van der Waals surface area contributed by atoms with Crippen molar-refractivity contribution in [2.45, 2.75) is 25.2 Å². The molecule has 0 radical (unpaired) electrons. The molecule has 1 atom stereocenters. The Labute approximate surface area is 140 Å². The summed E-state index contributed by atoms with van der Waals surface area (Å²) < 4.78 is 11.3. The number of pyridine rings is 1. The van der Waals surface area contributed by atoms with E-state index in [1.54, 1.807) is 19.5 Å². The number of methoxy groups -OCH3 is 1. The molecule has 5 nitrogen and oxygen atoms in total. The van der Waals surface area contributed by atoms with Crippen molar-refractivity contribution >= 4 is 23.7 Å². The van der Waals surface area contributed by atoms with Crippen molar-refractivity contribution in [2.24, 2.45) is 0 Å². The topological polar surface area (TPSA) is 60.0 Å². The Bertz CT molecular complexity index is 770. The molecule has 0 aliphatic heterocycles. The number of hydrogen-bond acceptors (Lipinski definition) is 5. The van der Waals surface area contributed by atoms with E-state index in [1.807, 2.05) is 24.3 Å². The molecular formula is C17H19N3O2S. The van der Waals surface area contributed by atoms with Crippen LogP contribution in [0.25, 0.3) is 22.4 Å². The van der Waals surface area contributed by atoms with E-state index >= 15 is 0 Å². The number of aromatic nitrogens is 3. The van der Waals surface area contributed by atoms with Crippen LogP contribution in [-0.4, -0.2) is 27.5 Å². The van der Waals surface area contributed by atoms with Crippen molar-refractivity contribution in [1.82, 2.24) is 15.0 Å².